The normalized spacial score (nSPS) is 24.3. The first-order valence-corrected chi connectivity index (χ1v) is 8.71. The maximum atomic E-state index is 14.3. The molecule has 3 rings (SSSR count). The van der Waals surface area contributed by atoms with E-state index in [1.807, 2.05) is 4.90 Å². The van der Waals surface area contributed by atoms with E-state index in [0.717, 1.165) is 0 Å². The van der Waals surface area contributed by atoms with Crippen LogP contribution in [0.15, 0.2) is 18.2 Å². The van der Waals surface area contributed by atoms with Gasteiger partial charge in [-0.2, -0.15) is 0 Å². The summed E-state index contributed by atoms with van der Waals surface area (Å²) < 4.78 is 14.3. The Hall–Kier alpha value is -2.44. The largest absolute Gasteiger partial charge is 0.481 e. The Bertz CT molecular complexity index is 769. The molecule has 1 aromatic rings. The minimum Gasteiger partial charge on any atom is -0.481 e. The highest BCUT2D eigenvalue weighted by atomic mass is 19.1. The Morgan fingerprint density at radius 3 is 2.19 bits per heavy atom. The molecule has 2 fully saturated rings. The number of aliphatic carboxylic acids is 1. The number of carbonyl (C=O) groups excluding carboxylic acids is 2. The summed E-state index contributed by atoms with van der Waals surface area (Å²) in [6.07, 6.45) is 0. The van der Waals surface area contributed by atoms with Crippen molar-refractivity contribution in [2.45, 2.75) is 20.8 Å². The number of Topliss-reactive ketones (excluding diaryl/α,β-unsaturated/α-hetero) is 1. The minimum atomic E-state index is -0.931. The van der Waals surface area contributed by atoms with Crippen LogP contribution in [0.1, 0.15) is 31.1 Å². The van der Waals surface area contributed by atoms with Crippen molar-refractivity contribution in [1.29, 1.82) is 0 Å². The molecular formula is C19H23FN2O4. The molecule has 26 heavy (non-hydrogen) atoms. The number of hydrogen-bond donors (Lipinski definition) is 1. The van der Waals surface area contributed by atoms with Gasteiger partial charge in [-0.25, -0.2) is 4.39 Å². The Labute approximate surface area is 151 Å². The molecule has 140 valence electrons. The number of carbonyl (C=O) groups is 3. The molecule has 1 saturated carbocycles. The molecule has 2 aliphatic rings. The van der Waals surface area contributed by atoms with E-state index in [-0.39, 0.29) is 11.7 Å². The average Bonchev–Trinajstić information content (AvgIpc) is 3.17. The Balaban J connectivity index is 1.64. The fourth-order valence-electron chi connectivity index (χ4n) is 3.91. The number of amides is 1. The fourth-order valence-corrected chi connectivity index (χ4v) is 3.91. The molecular weight excluding hydrogens is 339 g/mol. The summed E-state index contributed by atoms with van der Waals surface area (Å²) in [6.45, 7) is 6.77. The lowest BCUT2D eigenvalue weighted by Gasteiger charge is -2.36. The number of carboxylic acid groups (broad SMARTS) is 1. The van der Waals surface area contributed by atoms with E-state index in [1.54, 1.807) is 30.9 Å². The molecule has 0 aromatic heterocycles. The SMILES string of the molecule is CC(=O)c1ccc(N2CCN(C(=O)[C@@H]3[C@H](C(=O)O)C3(C)C)CC2)c(F)c1. The fraction of sp³-hybridized carbons (Fsp3) is 0.526. The smallest absolute Gasteiger partial charge is 0.307 e. The van der Waals surface area contributed by atoms with E-state index in [4.69, 9.17) is 0 Å². The van der Waals surface area contributed by atoms with Gasteiger partial charge in [0, 0.05) is 31.7 Å². The average molecular weight is 362 g/mol. The summed E-state index contributed by atoms with van der Waals surface area (Å²) in [5.74, 6) is -2.82. The predicted molar refractivity (Wildman–Crippen MR) is 93.6 cm³/mol. The van der Waals surface area contributed by atoms with E-state index in [2.05, 4.69) is 0 Å². The van der Waals surface area contributed by atoms with Crippen LogP contribution in [0.2, 0.25) is 0 Å². The minimum absolute atomic E-state index is 0.130. The number of hydrogen-bond acceptors (Lipinski definition) is 4. The standard InChI is InChI=1S/C19H23FN2O4/c1-11(23)12-4-5-14(13(20)10-12)21-6-8-22(9-7-21)17(24)15-16(18(25)26)19(15,2)3/h4-5,10,15-16H,6-9H2,1-3H3,(H,25,26)/t15-,16+/m0/s1. The number of piperazine rings is 1. The second kappa shape index (κ2) is 6.37. The Morgan fingerprint density at radius 2 is 1.73 bits per heavy atom. The summed E-state index contributed by atoms with van der Waals surface area (Å²) in [4.78, 5) is 38.8. The van der Waals surface area contributed by atoms with Crippen molar-refractivity contribution in [3.63, 3.8) is 0 Å². The third-order valence-electron chi connectivity index (χ3n) is 5.65. The van der Waals surface area contributed by atoms with Gasteiger partial charge < -0.3 is 14.9 Å². The molecule has 0 unspecified atom stereocenters. The number of benzene rings is 1. The lowest BCUT2D eigenvalue weighted by Crippen LogP contribution is -2.50. The number of ketones is 1. The van der Waals surface area contributed by atoms with E-state index in [9.17, 15) is 23.9 Å². The molecule has 7 heteroatoms. The van der Waals surface area contributed by atoms with Gasteiger partial charge in [-0.15, -0.1) is 0 Å². The van der Waals surface area contributed by atoms with Gasteiger partial charge in [0.2, 0.25) is 5.91 Å². The highest BCUT2D eigenvalue weighted by Gasteiger charge is 2.66. The summed E-state index contributed by atoms with van der Waals surface area (Å²) in [7, 11) is 0. The summed E-state index contributed by atoms with van der Waals surface area (Å²) >= 11 is 0. The molecule has 1 aromatic carbocycles. The van der Waals surface area contributed by atoms with Crippen LogP contribution >= 0.6 is 0 Å². The van der Waals surface area contributed by atoms with Gasteiger partial charge in [0.15, 0.2) is 5.78 Å². The van der Waals surface area contributed by atoms with E-state index >= 15 is 0 Å². The number of rotatable bonds is 4. The number of carboxylic acids is 1. The van der Waals surface area contributed by atoms with E-state index in [1.165, 1.54) is 13.0 Å². The molecule has 6 nitrogen and oxygen atoms in total. The highest BCUT2D eigenvalue weighted by Crippen LogP contribution is 2.59. The molecule has 0 radical (unpaired) electrons. The molecule has 1 amide bonds. The van der Waals surface area contributed by atoms with Gasteiger partial charge >= 0.3 is 5.97 Å². The molecule has 1 saturated heterocycles. The van der Waals surface area contributed by atoms with Crippen molar-refractivity contribution in [2.75, 3.05) is 31.1 Å². The molecule has 0 bridgehead atoms. The molecule has 1 aliphatic heterocycles. The van der Waals surface area contributed by atoms with Crippen LogP contribution in [0.3, 0.4) is 0 Å². The van der Waals surface area contributed by atoms with Crippen LogP contribution in [0.4, 0.5) is 10.1 Å². The second-order valence-electron chi connectivity index (χ2n) is 7.65. The third kappa shape index (κ3) is 3.06. The monoisotopic (exact) mass is 362 g/mol. The van der Waals surface area contributed by atoms with Gasteiger partial charge in [-0.1, -0.05) is 13.8 Å². The molecule has 1 aliphatic carbocycles. The number of halogens is 1. The summed E-state index contributed by atoms with van der Waals surface area (Å²) in [5, 5.41) is 9.24. The third-order valence-corrected chi connectivity index (χ3v) is 5.65. The lowest BCUT2D eigenvalue weighted by atomic mass is 10.1. The van der Waals surface area contributed by atoms with E-state index < -0.39 is 29.0 Å². The van der Waals surface area contributed by atoms with Crippen LogP contribution in [0, 0.1) is 23.1 Å². The topological polar surface area (TPSA) is 77.9 Å². The highest BCUT2D eigenvalue weighted by molar-refractivity contribution is 5.94. The number of nitrogens with zero attached hydrogens (tertiary/aromatic N) is 2. The van der Waals surface area contributed by atoms with Crippen molar-refractivity contribution >= 4 is 23.3 Å². The molecule has 1 N–H and O–H groups in total. The van der Waals surface area contributed by atoms with Gasteiger partial charge in [-0.05, 0) is 30.5 Å². The first-order valence-electron chi connectivity index (χ1n) is 8.71. The zero-order valence-corrected chi connectivity index (χ0v) is 15.2. The van der Waals surface area contributed by atoms with Gasteiger partial charge in [0.1, 0.15) is 5.82 Å². The van der Waals surface area contributed by atoms with Crippen LogP contribution in [-0.4, -0.2) is 53.8 Å². The maximum Gasteiger partial charge on any atom is 0.307 e. The van der Waals surface area contributed by atoms with Crippen LogP contribution in [-0.2, 0) is 9.59 Å². The Kier molecular flexibility index (Phi) is 4.50. The summed E-state index contributed by atoms with van der Waals surface area (Å²) in [6, 6.07) is 4.43. The van der Waals surface area contributed by atoms with E-state index in [0.29, 0.717) is 37.4 Å². The Morgan fingerprint density at radius 1 is 1.12 bits per heavy atom. The maximum absolute atomic E-state index is 14.3. The van der Waals surface area contributed by atoms with Crippen LogP contribution in [0.25, 0.3) is 0 Å². The summed E-state index contributed by atoms with van der Waals surface area (Å²) in [5.41, 5.74) is 0.224. The zero-order chi connectivity index (χ0) is 19.2. The predicted octanol–water partition coefficient (Wildman–Crippen LogP) is 2.03. The van der Waals surface area contributed by atoms with Gasteiger partial charge in [0.05, 0.1) is 17.5 Å². The van der Waals surface area contributed by atoms with Crippen LogP contribution in [0.5, 0.6) is 0 Å². The van der Waals surface area contributed by atoms with Crippen LogP contribution < -0.4 is 4.90 Å². The molecule has 2 atom stereocenters. The second-order valence-corrected chi connectivity index (χ2v) is 7.65. The quantitative estimate of drug-likeness (QED) is 0.830. The molecule has 1 heterocycles. The van der Waals surface area contributed by atoms with Crippen molar-refractivity contribution in [1.82, 2.24) is 4.90 Å². The molecule has 0 spiro atoms. The van der Waals surface area contributed by atoms with Crippen molar-refractivity contribution in [3.05, 3.63) is 29.6 Å². The lowest BCUT2D eigenvalue weighted by molar-refractivity contribution is -0.142. The first kappa shape index (κ1) is 18.4. The zero-order valence-electron chi connectivity index (χ0n) is 15.2. The van der Waals surface area contributed by atoms with Crippen molar-refractivity contribution < 1.29 is 23.9 Å². The van der Waals surface area contributed by atoms with Gasteiger partial charge in [-0.3, -0.25) is 14.4 Å². The number of anilines is 1. The van der Waals surface area contributed by atoms with Crippen molar-refractivity contribution in [2.24, 2.45) is 17.3 Å². The first-order chi connectivity index (χ1) is 12.1. The van der Waals surface area contributed by atoms with Crippen molar-refractivity contribution in [3.8, 4) is 0 Å². The van der Waals surface area contributed by atoms with Gasteiger partial charge in [0.25, 0.3) is 0 Å².